The molecule has 3 N–H and O–H groups in total. The van der Waals surface area contributed by atoms with Crippen molar-refractivity contribution in [3.05, 3.63) is 71.9 Å². The van der Waals surface area contributed by atoms with E-state index in [1.807, 2.05) is 75.4 Å². The number of ether oxygens (including phenoxy) is 2. The standard InChI is InChI=1S/C28H29N5O5/c1-28(2,3)23-15-33(27(35)36)14-20-11-18(9-10-22(20)38-23)19-12-21-24(29-13-19)31-25(30-21)32-26(34)37-16-17-7-5-4-6-8-17/h4-13,23H,14-16H2,1-3H3,(H,35,36)(H2,29,30,31,32,34). The molecule has 1 atom stereocenters. The number of H-pyrrole nitrogens is 1. The lowest BCUT2D eigenvalue weighted by Crippen LogP contribution is -2.43. The first-order valence-electron chi connectivity index (χ1n) is 12.3. The molecule has 3 heterocycles. The van der Waals surface area contributed by atoms with Crippen LogP contribution in [0, 0.1) is 5.41 Å². The topological polar surface area (TPSA) is 130 Å². The van der Waals surface area contributed by atoms with Gasteiger partial charge in [-0.2, -0.15) is 4.98 Å². The number of aromatic amines is 1. The zero-order valence-corrected chi connectivity index (χ0v) is 21.4. The number of carboxylic acid groups (broad SMARTS) is 1. The Morgan fingerprint density at radius 3 is 2.68 bits per heavy atom. The van der Waals surface area contributed by atoms with Crippen molar-refractivity contribution in [3.8, 4) is 16.9 Å². The van der Waals surface area contributed by atoms with Gasteiger partial charge >= 0.3 is 12.2 Å². The first-order chi connectivity index (χ1) is 18.2. The summed E-state index contributed by atoms with van der Waals surface area (Å²) in [4.78, 5) is 37.3. The van der Waals surface area contributed by atoms with E-state index in [1.54, 1.807) is 6.20 Å². The number of fused-ring (bicyclic) bond motifs is 2. The number of hydrogen-bond donors (Lipinski definition) is 3. The average molecular weight is 516 g/mol. The van der Waals surface area contributed by atoms with Gasteiger partial charge in [-0.15, -0.1) is 0 Å². The van der Waals surface area contributed by atoms with Gasteiger partial charge in [-0.1, -0.05) is 57.2 Å². The first-order valence-corrected chi connectivity index (χ1v) is 12.3. The highest BCUT2D eigenvalue weighted by atomic mass is 16.5. The molecular weight excluding hydrogens is 486 g/mol. The molecule has 2 aromatic heterocycles. The molecule has 0 saturated carbocycles. The number of nitrogens with one attached hydrogen (secondary N) is 2. The highest BCUT2D eigenvalue weighted by Crippen LogP contribution is 2.35. The number of rotatable bonds is 4. The summed E-state index contributed by atoms with van der Waals surface area (Å²) in [5.41, 5.74) is 4.16. The number of nitrogens with zero attached hydrogens (tertiary/aromatic N) is 3. The van der Waals surface area contributed by atoms with Crippen LogP contribution in [0.2, 0.25) is 0 Å². The molecule has 0 spiro atoms. The number of hydrogen-bond acceptors (Lipinski definition) is 6. The third-order valence-electron chi connectivity index (χ3n) is 6.42. The van der Waals surface area contributed by atoms with Crippen LogP contribution >= 0.6 is 0 Å². The summed E-state index contributed by atoms with van der Waals surface area (Å²) >= 11 is 0. The summed E-state index contributed by atoms with van der Waals surface area (Å²) in [5, 5.41) is 12.3. The summed E-state index contributed by atoms with van der Waals surface area (Å²) in [5.74, 6) is 0.900. The van der Waals surface area contributed by atoms with E-state index in [-0.39, 0.29) is 37.2 Å². The Balaban J connectivity index is 1.34. The summed E-state index contributed by atoms with van der Waals surface area (Å²) in [7, 11) is 0. The van der Waals surface area contributed by atoms with Crippen molar-refractivity contribution in [2.75, 3.05) is 11.9 Å². The van der Waals surface area contributed by atoms with E-state index in [0.29, 0.717) is 16.9 Å². The van der Waals surface area contributed by atoms with Crippen LogP contribution in [0.4, 0.5) is 15.5 Å². The molecule has 10 nitrogen and oxygen atoms in total. The van der Waals surface area contributed by atoms with E-state index in [2.05, 4.69) is 20.3 Å². The Bertz CT molecular complexity index is 1480. The van der Waals surface area contributed by atoms with Crippen molar-refractivity contribution in [1.29, 1.82) is 0 Å². The van der Waals surface area contributed by atoms with Crippen LogP contribution in [0.15, 0.2) is 60.8 Å². The lowest BCUT2D eigenvalue weighted by atomic mass is 9.88. The van der Waals surface area contributed by atoms with Gasteiger partial charge in [0.15, 0.2) is 5.65 Å². The van der Waals surface area contributed by atoms with Crippen molar-refractivity contribution in [1.82, 2.24) is 19.9 Å². The fourth-order valence-electron chi connectivity index (χ4n) is 4.23. The summed E-state index contributed by atoms with van der Waals surface area (Å²) in [6, 6.07) is 17.0. The quantitative estimate of drug-likeness (QED) is 0.320. The molecule has 196 valence electrons. The van der Waals surface area contributed by atoms with Gasteiger partial charge in [-0.25, -0.2) is 14.6 Å². The molecule has 4 aromatic rings. The number of amides is 2. The fourth-order valence-corrected chi connectivity index (χ4v) is 4.23. The van der Waals surface area contributed by atoms with Crippen molar-refractivity contribution in [2.24, 2.45) is 5.41 Å². The molecular formula is C28H29N5O5. The van der Waals surface area contributed by atoms with Gasteiger partial charge in [0.2, 0.25) is 5.95 Å². The number of carbonyl (C=O) groups is 2. The summed E-state index contributed by atoms with van der Waals surface area (Å²) in [6.45, 7) is 6.77. The average Bonchev–Trinajstić information content (AvgIpc) is 3.16. The maximum Gasteiger partial charge on any atom is 0.414 e. The molecule has 1 unspecified atom stereocenters. The van der Waals surface area contributed by atoms with Gasteiger partial charge in [-0.3, -0.25) is 5.32 Å². The predicted octanol–water partition coefficient (Wildman–Crippen LogP) is 5.66. The second kappa shape index (κ2) is 10.0. The van der Waals surface area contributed by atoms with Crippen LogP contribution < -0.4 is 10.1 Å². The molecule has 5 rings (SSSR count). The van der Waals surface area contributed by atoms with E-state index in [1.165, 1.54) is 4.90 Å². The first kappa shape index (κ1) is 25.1. The van der Waals surface area contributed by atoms with Crippen LogP contribution in [0.5, 0.6) is 5.75 Å². The Morgan fingerprint density at radius 1 is 1.16 bits per heavy atom. The monoisotopic (exact) mass is 515 g/mol. The molecule has 10 heteroatoms. The van der Waals surface area contributed by atoms with Gasteiger partial charge in [0, 0.05) is 22.7 Å². The largest absolute Gasteiger partial charge is 0.488 e. The van der Waals surface area contributed by atoms with Crippen LogP contribution in [-0.2, 0) is 17.9 Å². The zero-order valence-electron chi connectivity index (χ0n) is 21.4. The Hall–Kier alpha value is -4.60. The molecule has 0 fully saturated rings. The van der Waals surface area contributed by atoms with Gasteiger partial charge in [0.25, 0.3) is 0 Å². The maximum absolute atomic E-state index is 12.2. The molecule has 0 radical (unpaired) electrons. The van der Waals surface area contributed by atoms with Crippen molar-refractivity contribution >= 4 is 29.3 Å². The maximum atomic E-state index is 12.2. The minimum atomic E-state index is -0.982. The molecule has 0 aliphatic carbocycles. The van der Waals surface area contributed by atoms with Gasteiger partial charge in [-0.05, 0) is 29.3 Å². The van der Waals surface area contributed by atoms with Gasteiger partial charge in [0.1, 0.15) is 18.5 Å². The zero-order chi connectivity index (χ0) is 26.9. The highest BCUT2D eigenvalue weighted by molar-refractivity contribution is 5.86. The number of anilines is 1. The van der Waals surface area contributed by atoms with E-state index in [0.717, 1.165) is 22.3 Å². The summed E-state index contributed by atoms with van der Waals surface area (Å²) in [6.07, 6.45) is -0.203. The smallest absolute Gasteiger partial charge is 0.414 e. The molecule has 0 saturated heterocycles. The number of pyridine rings is 1. The third kappa shape index (κ3) is 5.54. The second-order valence-electron chi connectivity index (χ2n) is 10.3. The summed E-state index contributed by atoms with van der Waals surface area (Å²) < 4.78 is 11.5. The number of carbonyl (C=O) groups excluding carboxylic acids is 1. The van der Waals surface area contributed by atoms with E-state index >= 15 is 0 Å². The lowest BCUT2D eigenvalue weighted by Gasteiger charge is -2.32. The number of imidazole rings is 1. The number of aromatic nitrogens is 3. The van der Waals surface area contributed by atoms with E-state index < -0.39 is 12.2 Å². The molecule has 38 heavy (non-hydrogen) atoms. The van der Waals surface area contributed by atoms with Gasteiger partial charge < -0.3 is 24.5 Å². The van der Waals surface area contributed by atoms with Crippen molar-refractivity contribution < 1.29 is 24.2 Å². The Labute approximate surface area is 219 Å². The Kier molecular flexibility index (Phi) is 6.62. The predicted molar refractivity (Wildman–Crippen MR) is 142 cm³/mol. The lowest BCUT2D eigenvalue weighted by molar-refractivity contribution is 0.0566. The fraction of sp³-hybridized carbons (Fsp3) is 0.286. The minimum absolute atomic E-state index is 0.146. The van der Waals surface area contributed by atoms with Gasteiger partial charge in [0.05, 0.1) is 18.6 Å². The highest BCUT2D eigenvalue weighted by Gasteiger charge is 2.34. The van der Waals surface area contributed by atoms with E-state index in [4.69, 9.17) is 9.47 Å². The van der Waals surface area contributed by atoms with Crippen LogP contribution in [0.25, 0.3) is 22.3 Å². The second-order valence-corrected chi connectivity index (χ2v) is 10.3. The van der Waals surface area contributed by atoms with Crippen LogP contribution in [0.1, 0.15) is 31.9 Å². The minimum Gasteiger partial charge on any atom is -0.488 e. The van der Waals surface area contributed by atoms with Crippen molar-refractivity contribution in [3.63, 3.8) is 0 Å². The number of benzene rings is 2. The van der Waals surface area contributed by atoms with E-state index in [9.17, 15) is 14.7 Å². The third-order valence-corrected chi connectivity index (χ3v) is 6.42. The van der Waals surface area contributed by atoms with Crippen LogP contribution in [0.3, 0.4) is 0 Å². The molecule has 0 bridgehead atoms. The molecule has 2 aromatic carbocycles. The Morgan fingerprint density at radius 2 is 1.95 bits per heavy atom. The molecule has 1 aliphatic rings. The SMILES string of the molecule is CC(C)(C)C1CN(C(=O)O)Cc2cc(-c3cnc4nc(NC(=O)OCc5ccccc5)[nH]c4c3)ccc2O1. The molecule has 2 amide bonds. The van der Waals surface area contributed by atoms with Crippen LogP contribution in [-0.4, -0.2) is 49.8 Å². The normalized spacial score (nSPS) is 15.3. The molecule has 1 aliphatic heterocycles. The van der Waals surface area contributed by atoms with Crippen molar-refractivity contribution in [2.45, 2.75) is 40.0 Å².